The number of alkyl halides is 1. The number of rotatable bonds is 3. The second kappa shape index (κ2) is 5.74. The van der Waals surface area contributed by atoms with Crippen LogP contribution in [0, 0.1) is 0 Å². The lowest BCUT2D eigenvalue weighted by atomic mass is 9.98. The summed E-state index contributed by atoms with van der Waals surface area (Å²) in [4.78, 5) is 2.37. The van der Waals surface area contributed by atoms with E-state index in [1.165, 1.54) is 0 Å². The maximum absolute atomic E-state index is 9.88. The second-order valence-electron chi connectivity index (χ2n) is 4.28. The highest BCUT2D eigenvalue weighted by Crippen LogP contribution is 2.20. The first-order valence-electron chi connectivity index (χ1n) is 5.30. The van der Waals surface area contributed by atoms with Crippen molar-refractivity contribution < 1.29 is 5.11 Å². The van der Waals surface area contributed by atoms with Crippen LogP contribution in [0.25, 0.3) is 0 Å². The smallest absolute Gasteiger partial charge is 0.0632 e. The van der Waals surface area contributed by atoms with Crippen molar-refractivity contribution in [1.29, 1.82) is 0 Å². The first-order valence-corrected chi connectivity index (χ1v) is 5.83. The molecule has 1 unspecified atom stereocenters. The molecule has 1 fully saturated rings. The molecule has 1 atom stereocenters. The summed E-state index contributed by atoms with van der Waals surface area (Å²) >= 11 is 5.55. The van der Waals surface area contributed by atoms with E-state index in [0.29, 0.717) is 5.88 Å². The van der Waals surface area contributed by atoms with Gasteiger partial charge in [0.1, 0.15) is 0 Å². The third kappa shape index (κ3) is 4.45. The Hall–Kier alpha value is -0.0500. The monoisotopic (exact) mass is 217 g/mol. The minimum atomic E-state index is -0.453. The van der Waals surface area contributed by atoms with E-state index in [4.69, 9.17) is 11.6 Å². The van der Waals surface area contributed by atoms with Crippen LogP contribution in [0.1, 0.15) is 26.2 Å². The molecule has 2 nitrogen and oxygen atoms in total. The van der Waals surface area contributed by atoms with E-state index >= 15 is 0 Å². The Morgan fingerprint density at radius 3 is 2.86 bits per heavy atom. The highest BCUT2D eigenvalue weighted by molar-refractivity contribution is 6.18. The average Bonchev–Trinajstić information content (AvgIpc) is 2.28. The largest absolute Gasteiger partial charge is 0.390 e. The predicted molar refractivity (Wildman–Crippen MR) is 60.8 cm³/mol. The zero-order valence-corrected chi connectivity index (χ0v) is 9.63. The van der Waals surface area contributed by atoms with E-state index in [0.717, 1.165) is 38.9 Å². The van der Waals surface area contributed by atoms with E-state index in [1.54, 1.807) is 0 Å². The highest BCUT2D eigenvalue weighted by Gasteiger charge is 2.24. The molecular formula is C11H20ClNO. The lowest BCUT2D eigenvalue weighted by Crippen LogP contribution is -2.28. The molecule has 0 aliphatic carbocycles. The standard InChI is InChI=1S/C11H20ClNO/c1-11(14)5-4-9-13(10-6-11)8-3-2-7-12/h2-3,14H,4-10H2,1H3/b3-2+. The van der Waals surface area contributed by atoms with E-state index in [2.05, 4.69) is 11.0 Å². The molecule has 0 radical (unpaired) electrons. The molecule has 1 aliphatic rings. The third-order valence-corrected chi connectivity index (χ3v) is 2.95. The van der Waals surface area contributed by atoms with Gasteiger partial charge in [0.25, 0.3) is 0 Å². The summed E-state index contributed by atoms with van der Waals surface area (Å²) in [6, 6.07) is 0. The molecule has 1 heterocycles. The molecule has 3 heteroatoms. The normalized spacial score (nSPS) is 30.8. The van der Waals surface area contributed by atoms with Crippen molar-refractivity contribution in [3.05, 3.63) is 12.2 Å². The van der Waals surface area contributed by atoms with Crippen molar-refractivity contribution in [3.63, 3.8) is 0 Å². The predicted octanol–water partition coefficient (Wildman–Crippen LogP) is 2.02. The van der Waals surface area contributed by atoms with Gasteiger partial charge in [0.05, 0.1) is 5.60 Å². The SMILES string of the molecule is CC1(O)CCCN(C/C=C/CCl)CC1. The van der Waals surface area contributed by atoms with Crippen LogP contribution in [0.15, 0.2) is 12.2 Å². The van der Waals surface area contributed by atoms with Gasteiger partial charge in [0.2, 0.25) is 0 Å². The van der Waals surface area contributed by atoms with Crippen LogP contribution in [0.3, 0.4) is 0 Å². The maximum atomic E-state index is 9.88. The molecule has 1 rings (SSSR count). The van der Waals surface area contributed by atoms with Crippen molar-refractivity contribution in [2.75, 3.05) is 25.5 Å². The van der Waals surface area contributed by atoms with Crippen molar-refractivity contribution in [3.8, 4) is 0 Å². The van der Waals surface area contributed by atoms with Gasteiger partial charge in [0, 0.05) is 19.0 Å². The van der Waals surface area contributed by atoms with Gasteiger partial charge in [-0.05, 0) is 32.7 Å². The Morgan fingerprint density at radius 2 is 2.14 bits per heavy atom. The topological polar surface area (TPSA) is 23.5 Å². The molecule has 0 amide bonds. The second-order valence-corrected chi connectivity index (χ2v) is 4.59. The van der Waals surface area contributed by atoms with Gasteiger partial charge in [-0.15, -0.1) is 11.6 Å². The van der Waals surface area contributed by atoms with Gasteiger partial charge in [-0.3, -0.25) is 4.90 Å². The van der Waals surface area contributed by atoms with Crippen molar-refractivity contribution in [2.24, 2.45) is 0 Å². The number of hydrogen-bond donors (Lipinski definition) is 1. The maximum Gasteiger partial charge on any atom is 0.0632 e. The van der Waals surface area contributed by atoms with Gasteiger partial charge >= 0.3 is 0 Å². The Kier molecular flexibility index (Phi) is 4.93. The van der Waals surface area contributed by atoms with E-state index in [9.17, 15) is 5.11 Å². The van der Waals surface area contributed by atoms with Gasteiger partial charge in [-0.25, -0.2) is 0 Å². The van der Waals surface area contributed by atoms with E-state index in [1.807, 2.05) is 13.0 Å². The summed E-state index contributed by atoms with van der Waals surface area (Å²) in [6.07, 6.45) is 6.96. The van der Waals surface area contributed by atoms with Crippen LogP contribution in [-0.4, -0.2) is 41.1 Å². The van der Waals surface area contributed by atoms with E-state index in [-0.39, 0.29) is 0 Å². The molecule has 14 heavy (non-hydrogen) atoms. The number of allylic oxidation sites excluding steroid dienone is 1. The molecular weight excluding hydrogens is 198 g/mol. The molecule has 0 saturated carbocycles. The molecule has 0 aromatic carbocycles. The Bertz CT molecular complexity index is 192. The number of nitrogens with zero attached hydrogens (tertiary/aromatic N) is 1. The zero-order valence-electron chi connectivity index (χ0n) is 8.88. The number of halogens is 1. The van der Waals surface area contributed by atoms with Gasteiger partial charge in [-0.2, -0.15) is 0 Å². The van der Waals surface area contributed by atoms with Crippen LogP contribution < -0.4 is 0 Å². The van der Waals surface area contributed by atoms with E-state index < -0.39 is 5.60 Å². The van der Waals surface area contributed by atoms with Crippen LogP contribution in [0.5, 0.6) is 0 Å². The van der Waals surface area contributed by atoms with Crippen molar-refractivity contribution in [1.82, 2.24) is 4.90 Å². The summed E-state index contributed by atoms with van der Waals surface area (Å²) in [5, 5.41) is 9.88. The summed E-state index contributed by atoms with van der Waals surface area (Å²) in [6.45, 7) is 4.97. The summed E-state index contributed by atoms with van der Waals surface area (Å²) in [7, 11) is 0. The lowest BCUT2D eigenvalue weighted by Gasteiger charge is -2.21. The average molecular weight is 218 g/mol. The number of hydrogen-bond acceptors (Lipinski definition) is 2. The van der Waals surface area contributed by atoms with Crippen molar-refractivity contribution in [2.45, 2.75) is 31.8 Å². The summed E-state index contributed by atoms with van der Waals surface area (Å²) in [5.41, 5.74) is -0.453. The Morgan fingerprint density at radius 1 is 1.36 bits per heavy atom. The first kappa shape index (κ1) is 12.0. The molecule has 0 spiro atoms. The summed E-state index contributed by atoms with van der Waals surface area (Å²) < 4.78 is 0. The van der Waals surface area contributed by atoms with Crippen LogP contribution in [-0.2, 0) is 0 Å². The Labute approximate surface area is 91.6 Å². The van der Waals surface area contributed by atoms with Gasteiger partial charge in [0.15, 0.2) is 0 Å². The molecule has 1 saturated heterocycles. The minimum absolute atomic E-state index is 0.453. The minimum Gasteiger partial charge on any atom is -0.390 e. The molecule has 1 N–H and O–H groups in total. The number of likely N-dealkylation sites (tertiary alicyclic amines) is 1. The number of aliphatic hydroxyl groups is 1. The first-order chi connectivity index (χ1) is 6.64. The quantitative estimate of drug-likeness (QED) is 0.578. The fourth-order valence-corrected chi connectivity index (χ4v) is 1.91. The fourth-order valence-electron chi connectivity index (χ4n) is 1.79. The molecule has 82 valence electrons. The van der Waals surface area contributed by atoms with Crippen LogP contribution in [0.4, 0.5) is 0 Å². The van der Waals surface area contributed by atoms with Crippen LogP contribution >= 0.6 is 11.6 Å². The lowest BCUT2D eigenvalue weighted by molar-refractivity contribution is 0.0450. The molecule has 0 aromatic rings. The molecule has 1 aliphatic heterocycles. The molecule has 0 bridgehead atoms. The third-order valence-electron chi connectivity index (χ3n) is 2.78. The molecule has 0 aromatic heterocycles. The Balaban J connectivity index is 2.31. The van der Waals surface area contributed by atoms with Gasteiger partial charge < -0.3 is 5.11 Å². The highest BCUT2D eigenvalue weighted by atomic mass is 35.5. The zero-order chi connectivity index (χ0) is 10.4. The fraction of sp³-hybridized carbons (Fsp3) is 0.818. The van der Waals surface area contributed by atoms with Crippen LogP contribution in [0.2, 0.25) is 0 Å². The van der Waals surface area contributed by atoms with Gasteiger partial charge in [-0.1, -0.05) is 12.2 Å². The van der Waals surface area contributed by atoms with Crippen molar-refractivity contribution >= 4 is 11.6 Å². The summed E-state index contributed by atoms with van der Waals surface area (Å²) in [5.74, 6) is 0.589.